The van der Waals surface area contributed by atoms with E-state index in [0.717, 1.165) is 38.5 Å². The number of hydrogen-bond acceptors (Lipinski definition) is 11. The summed E-state index contributed by atoms with van der Waals surface area (Å²) in [7, 11) is 0. The number of ether oxygens (including phenoxy) is 2. The van der Waals surface area contributed by atoms with Crippen LogP contribution in [0.1, 0.15) is 132 Å². The zero-order valence-electron chi connectivity index (χ0n) is 36.5. The smallest absolute Gasteiger partial charge is 0.329 e. The minimum Gasteiger partial charge on any atom is -0.504 e. The van der Waals surface area contributed by atoms with Gasteiger partial charge in [0.2, 0.25) is 11.8 Å². The van der Waals surface area contributed by atoms with Crippen molar-refractivity contribution in [1.82, 2.24) is 9.80 Å². The molecule has 0 radical (unpaired) electrons. The Morgan fingerprint density at radius 2 is 1.22 bits per heavy atom. The van der Waals surface area contributed by atoms with Gasteiger partial charge in [0.05, 0.1) is 6.04 Å². The number of carbonyl (C=O) groups is 5. The second-order valence-corrected chi connectivity index (χ2v) is 20.4. The zero-order valence-corrected chi connectivity index (χ0v) is 36.5. The standard InChI is InChI=1S/C28H39NO7.C18H30N2O3/c1-16(12-21(31)23(33)14-17-7-8-20(30)22(32)13-17)25(34)29-11-5-6-19(29)26(35)36-24-15-18-9-10-28(24,4)27(18,2)3;1-11(19)15(21)20-9-5-6-13(20)16(22)23-14-10-12-7-8-18(14,4)17(12,2)3/h7-8,13,16,18-19,23-24,30,32-33H,5-6,9-12,14-15H2,1-4H3;11-14H,5-10,19H2,1-4H3/t16?,18?,19-,23+,24?,28?;11-,12?,13-,14?,18?/m00/s1. The molecular formula is C46H69N3O10. The molecule has 11 atom stereocenters. The summed E-state index contributed by atoms with van der Waals surface area (Å²) in [6.07, 6.45) is 7.49. The molecule has 13 heteroatoms. The van der Waals surface area contributed by atoms with E-state index in [2.05, 4.69) is 41.5 Å². The normalized spacial score (nSPS) is 33.9. The van der Waals surface area contributed by atoms with E-state index >= 15 is 0 Å². The number of phenolic OH excluding ortho intramolecular Hbond substituents is 2. The van der Waals surface area contributed by atoms with E-state index in [-0.39, 0.29) is 82.0 Å². The first kappa shape index (κ1) is 44.8. The summed E-state index contributed by atoms with van der Waals surface area (Å²) < 4.78 is 12.0. The Kier molecular flexibility index (Phi) is 12.6. The number of nitrogens with two attached hydrogens (primary N) is 1. The minimum absolute atomic E-state index is 0.0170. The first-order valence-electron chi connectivity index (χ1n) is 22.0. The van der Waals surface area contributed by atoms with E-state index in [0.29, 0.717) is 49.8 Å². The third-order valence-corrected chi connectivity index (χ3v) is 16.7. The summed E-state index contributed by atoms with van der Waals surface area (Å²) in [5.41, 5.74) is 6.54. The van der Waals surface area contributed by atoms with Gasteiger partial charge in [0.1, 0.15) is 30.4 Å². The minimum atomic E-state index is -1.34. The molecule has 2 saturated heterocycles. The van der Waals surface area contributed by atoms with Gasteiger partial charge in [-0.25, -0.2) is 9.59 Å². The number of likely N-dealkylation sites (tertiary alicyclic amines) is 2. The van der Waals surface area contributed by atoms with Gasteiger partial charge in [-0.05, 0) is 111 Å². The second-order valence-electron chi connectivity index (χ2n) is 20.4. The Morgan fingerprint density at radius 3 is 1.63 bits per heavy atom. The van der Waals surface area contributed by atoms with Gasteiger partial charge in [0, 0.05) is 42.7 Å². The molecule has 0 aromatic heterocycles. The van der Waals surface area contributed by atoms with Crippen molar-refractivity contribution in [3.05, 3.63) is 23.8 Å². The van der Waals surface area contributed by atoms with Crippen LogP contribution in [0.3, 0.4) is 0 Å². The van der Waals surface area contributed by atoms with Crippen molar-refractivity contribution in [2.45, 2.75) is 169 Å². The maximum absolute atomic E-state index is 13.2. The monoisotopic (exact) mass is 823 g/mol. The lowest BCUT2D eigenvalue weighted by Gasteiger charge is -2.39. The lowest BCUT2D eigenvalue weighted by molar-refractivity contribution is -0.165. The van der Waals surface area contributed by atoms with Gasteiger partial charge < -0.3 is 40.3 Å². The fraction of sp³-hybridized carbons (Fsp3) is 0.761. The summed E-state index contributed by atoms with van der Waals surface area (Å²) in [6.45, 7) is 18.0. The lowest BCUT2D eigenvalue weighted by Crippen LogP contribution is -2.49. The van der Waals surface area contributed by atoms with Crippen molar-refractivity contribution < 1.29 is 48.8 Å². The molecular weight excluding hydrogens is 755 g/mol. The van der Waals surface area contributed by atoms with Crippen LogP contribution < -0.4 is 5.73 Å². The van der Waals surface area contributed by atoms with E-state index < -0.39 is 35.9 Å². The Hall–Kier alpha value is -3.71. The molecule has 4 aliphatic carbocycles. The summed E-state index contributed by atoms with van der Waals surface area (Å²) >= 11 is 0. The van der Waals surface area contributed by atoms with Crippen molar-refractivity contribution in [2.24, 2.45) is 45.1 Å². The number of fused-ring (bicyclic) bond motifs is 4. The van der Waals surface area contributed by atoms with Crippen LogP contribution in [0.15, 0.2) is 18.2 Å². The number of carbonyl (C=O) groups excluding carboxylic acids is 5. The molecule has 5 N–H and O–H groups in total. The highest BCUT2D eigenvalue weighted by Gasteiger charge is 2.64. The molecule has 6 aliphatic rings. The number of esters is 2. The summed E-state index contributed by atoms with van der Waals surface area (Å²) in [4.78, 5) is 67.1. The highest BCUT2D eigenvalue weighted by atomic mass is 16.6. The van der Waals surface area contributed by atoms with Crippen LogP contribution in [-0.4, -0.2) is 104 Å². The Bertz CT molecular complexity index is 1790. The molecule has 2 aliphatic heterocycles. The third-order valence-electron chi connectivity index (χ3n) is 16.7. The fourth-order valence-electron chi connectivity index (χ4n) is 11.7. The highest BCUT2D eigenvalue weighted by molar-refractivity contribution is 5.91. The summed E-state index contributed by atoms with van der Waals surface area (Å²) in [5.74, 6) is -1.61. The van der Waals surface area contributed by atoms with E-state index in [4.69, 9.17) is 15.2 Å². The SMILES string of the molecule is CC(CC(=O)[C@H](O)Cc1ccc(O)c(O)c1)C(=O)N1CCC[C@H]1C(=O)OC1CC2CCC1(C)C2(C)C.C[C@H](N)C(=O)N1CCC[C@H]1C(=O)OC1CC2CCC1(C)C2(C)C. The van der Waals surface area contributed by atoms with Crippen LogP contribution in [0.5, 0.6) is 11.5 Å². The van der Waals surface area contributed by atoms with Crippen LogP contribution in [0.2, 0.25) is 0 Å². The lowest BCUT2D eigenvalue weighted by atomic mass is 9.70. The average Bonchev–Trinajstić information content (AvgIpc) is 4.00. The molecule has 1 aromatic carbocycles. The van der Waals surface area contributed by atoms with Crippen molar-refractivity contribution in [1.29, 1.82) is 0 Å². The van der Waals surface area contributed by atoms with E-state index in [1.807, 2.05) is 0 Å². The molecule has 6 fully saturated rings. The number of aliphatic hydroxyl groups excluding tert-OH is 1. The highest BCUT2D eigenvalue weighted by Crippen LogP contribution is 2.67. The Labute approximate surface area is 349 Å². The fourth-order valence-corrected chi connectivity index (χ4v) is 11.7. The molecule has 2 heterocycles. The summed E-state index contributed by atoms with van der Waals surface area (Å²) in [5, 5.41) is 29.4. The van der Waals surface area contributed by atoms with Gasteiger partial charge in [-0.3, -0.25) is 14.4 Å². The van der Waals surface area contributed by atoms with E-state index in [1.165, 1.54) is 24.6 Å². The van der Waals surface area contributed by atoms with Crippen molar-refractivity contribution in [3.63, 3.8) is 0 Å². The third kappa shape index (κ3) is 8.11. The number of hydrogen-bond donors (Lipinski definition) is 4. The molecule has 4 bridgehead atoms. The Balaban J connectivity index is 0.000000219. The van der Waals surface area contributed by atoms with Crippen molar-refractivity contribution in [2.75, 3.05) is 13.1 Å². The predicted octanol–water partition coefficient (Wildman–Crippen LogP) is 5.43. The molecule has 7 unspecified atom stereocenters. The number of benzene rings is 1. The maximum atomic E-state index is 13.2. The number of nitrogens with zero attached hydrogens (tertiary/aromatic N) is 2. The number of aliphatic hydroxyl groups is 1. The maximum Gasteiger partial charge on any atom is 0.329 e. The summed E-state index contributed by atoms with van der Waals surface area (Å²) in [6, 6.07) is 2.45. The van der Waals surface area contributed by atoms with Gasteiger partial charge in [0.25, 0.3) is 0 Å². The number of Topliss-reactive ketones (excluding diaryl/α,β-unsaturated/α-hetero) is 1. The van der Waals surface area contributed by atoms with Gasteiger partial charge in [-0.15, -0.1) is 0 Å². The van der Waals surface area contributed by atoms with Crippen molar-refractivity contribution in [3.8, 4) is 11.5 Å². The molecule has 1 aromatic rings. The predicted molar refractivity (Wildman–Crippen MR) is 220 cm³/mol. The number of rotatable bonds is 11. The van der Waals surface area contributed by atoms with Gasteiger partial charge in [-0.1, -0.05) is 54.5 Å². The zero-order chi connectivity index (χ0) is 43.4. The largest absolute Gasteiger partial charge is 0.504 e. The van der Waals surface area contributed by atoms with Crippen molar-refractivity contribution >= 4 is 29.5 Å². The van der Waals surface area contributed by atoms with Crippen LogP contribution in [0.25, 0.3) is 0 Å². The van der Waals surface area contributed by atoms with Crippen LogP contribution in [0.4, 0.5) is 0 Å². The van der Waals surface area contributed by atoms with E-state index in [1.54, 1.807) is 23.6 Å². The number of amides is 2. The molecule has 4 saturated carbocycles. The topological polar surface area (TPSA) is 197 Å². The molecule has 328 valence electrons. The van der Waals surface area contributed by atoms with Gasteiger partial charge in [-0.2, -0.15) is 0 Å². The number of aromatic hydroxyl groups is 2. The molecule has 7 rings (SSSR count). The Morgan fingerprint density at radius 1 is 0.746 bits per heavy atom. The second kappa shape index (κ2) is 16.6. The number of ketones is 1. The van der Waals surface area contributed by atoms with Crippen LogP contribution in [-0.2, 0) is 39.9 Å². The van der Waals surface area contributed by atoms with Gasteiger partial charge >= 0.3 is 11.9 Å². The first-order chi connectivity index (χ1) is 27.5. The molecule has 0 spiro atoms. The number of phenols is 2. The molecule has 2 amide bonds. The average molecular weight is 824 g/mol. The molecule has 59 heavy (non-hydrogen) atoms. The first-order valence-corrected chi connectivity index (χ1v) is 22.0. The van der Waals surface area contributed by atoms with Gasteiger partial charge in [0.15, 0.2) is 17.3 Å². The van der Waals surface area contributed by atoms with Crippen LogP contribution in [0, 0.1) is 39.4 Å². The van der Waals surface area contributed by atoms with E-state index in [9.17, 15) is 39.3 Å². The molecule has 13 nitrogen and oxygen atoms in total. The quantitative estimate of drug-likeness (QED) is 0.164. The van der Waals surface area contributed by atoms with Crippen LogP contribution >= 0.6 is 0 Å².